The first kappa shape index (κ1) is 8.73. The van der Waals surface area contributed by atoms with E-state index in [1.165, 1.54) is 5.56 Å². The van der Waals surface area contributed by atoms with E-state index in [2.05, 4.69) is 31.2 Å². The number of hydrogen-bond acceptors (Lipinski definition) is 2. The van der Waals surface area contributed by atoms with Crippen molar-refractivity contribution in [1.29, 1.82) is 0 Å². The summed E-state index contributed by atoms with van der Waals surface area (Å²) in [4.78, 5) is 0. The van der Waals surface area contributed by atoms with Gasteiger partial charge in [0.1, 0.15) is 0 Å². The van der Waals surface area contributed by atoms with Crippen molar-refractivity contribution in [3.05, 3.63) is 35.4 Å². The Kier molecular flexibility index (Phi) is 2.10. The van der Waals surface area contributed by atoms with E-state index in [0.29, 0.717) is 13.2 Å². The Morgan fingerprint density at radius 3 is 2.15 bits per heavy atom. The maximum Gasteiger partial charge on any atom is 0.192 e. The third-order valence-electron chi connectivity index (χ3n) is 2.41. The largest absolute Gasteiger partial charge is 0.344 e. The molecule has 1 fully saturated rings. The van der Waals surface area contributed by atoms with Crippen molar-refractivity contribution in [3.63, 3.8) is 0 Å². The summed E-state index contributed by atoms with van der Waals surface area (Å²) in [6.07, 6.45) is 0. The van der Waals surface area contributed by atoms with E-state index in [1.807, 2.05) is 6.92 Å². The van der Waals surface area contributed by atoms with Gasteiger partial charge in [0.05, 0.1) is 13.2 Å². The lowest BCUT2D eigenvalue weighted by Crippen LogP contribution is -2.22. The van der Waals surface area contributed by atoms with Crippen molar-refractivity contribution in [2.45, 2.75) is 19.6 Å². The molecule has 1 heterocycles. The quantitative estimate of drug-likeness (QED) is 0.656. The van der Waals surface area contributed by atoms with Crippen LogP contribution in [0.1, 0.15) is 18.1 Å². The molecule has 70 valence electrons. The summed E-state index contributed by atoms with van der Waals surface area (Å²) in [6.45, 7) is 5.40. The summed E-state index contributed by atoms with van der Waals surface area (Å²) in [5.41, 5.74) is 2.35. The maximum atomic E-state index is 5.54. The minimum atomic E-state index is -0.520. The van der Waals surface area contributed by atoms with Gasteiger partial charge >= 0.3 is 0 Å². The summed E-state index contributed by atoms with van der Waals surface area (Å²) in [6, 6.07) is 8.26. The Morgan fingerprint density at radius 1 is 1.08 bits per heavy atom. The molecular weight excluding hydrogens is 164 g/mol. The first-order valence-electron chi connectivity index (χ1n) is 4.56. The second kappa shape index (κ2) is 3.13. The van der Waals surface area contributed by atoms with Crippen LogP contribution in [-0.4, -0.2) is 13.2 Å². The molecule has 0 atom stereocenters. The molecule has 0 unspecified atom stereocenters. The van der Waals surface area contributed by atoms with Crippen LogP contribution in [0.5, 0.6) is 0 Å². The topological polar surface area (TPSA) is 18.5 Å². The summed E-state index contributed by atoms with van der Waals surface area (Å²) < 4.78 is 11.1. The van der Waals surface area contributed by atoms with Gasteiger partial charge in [0, 0.05) is 5.56 Å². The Balaban J connectivity index is 2.29. The zero-order chi connectivity index (χ0) is 9.31. The van der Waals surface area contributed by atoms with E-state index in [1.54, 1.807) is 0 Å². The first-order valence-corrected chi connectivity index (χ1v) is 4.56. The van der Waals surface area contributed by atoms with Crippen LogP contribution in [0.15, 0.2) is 24.3 Å². The number of ether oxygens (including phenoxy) is 2. The molecule has 0 radical (unpaired) electrons. The normalized spacial score (nSPS) is 20.5. The molecular formula is C11H14O2. The fourth-order valence-electron chi connectivity index (χ4n) is 1.54. The fraction of sp³-hybridized carbons (Fsp3) is 0.455. The second-order valence-electron chi connectivity index (χ2n) is 3.51. The van der Waals surface area contributed by atoms with Gasteiger partial charge in [0.15, 0.2) is 5.79 Å². The Bertz CT molecular complexity index is 283. The third kappa shape index (κ3) is 1.60. The molecule has 0 bridgehead atoms. The number of aryl methyl sites for hydroxylation is 1. The van der Waals surface area contributed by atoms with Crippen LogP contribution < -0.4 is 0 Å². The van der Waals surface area contributed by atoms with Gasteiger partial charge in [-0.1, -0.05) is 29.8 Å². The first-order chi connectivity index (χ1) is 6.21. The van der Waals surface area contributed by atoms with E-state index >= 15 is 0 Å². The third-order valence-corrected chi connectivity index (χ3v) is 2.41. The summed E-state index contributed by atoms with van der Waals surface area (Å²) in [5.74, 6) is -0.520. The highest BCUT2D eigenvalue weighted by Crippen LogP contribution is 2.30. The van der Waals surface area contributed by atoms with Crippen LogP contribution in [-0.2, 0) is 15.3 Å². The molecule has 0 spiro atoms. The van der Waals surface area contributed by atoms with Gasteiger partial charge in [-0.15, -0.1) is 0 Å². The number of hydrogen-bond donors (Lipinski definition) is 0. The van der Waals surface area contributed by atoms with Crippen LogP contribution in [0.2, 0.25) is 0 Å². The standard InChI is InChI=1S/C11H14O2/c1-9-3-5-10(6-4-9)11(2)12-7-8-13-11/h3-6H,7-8H2,1-2H3. The molecule has 2 rings (SSSR count). The SMILES string of the molecule is Cc1ccc(C2(C)OCCO2)cc1. The molecule has 0 N–H and O–H groups in total. The molecule has 1 aromatic carbocycles. The molecule has 0 aromatic heterocycles. The minimum Gasteiger partial charge on any atom is -0.344 e. The van der Waals surface area contributed by atoms with Gasteiger partial charge in [0.2, 0.25) is 0 Å². The number of rotatable bonds is 1. The lowest BCUT2D eigenvalue weighted by molar-refractivity contribution is -0.149. The predicted molar refractivity (Wildman–Crippen MR) is 50.4 cm³/mol. The van der Waals surface area contributed by atoms with E-state index in [9.17, 15) is 0 Å². The molecule has 0 amide bonds. The molecule has 0 saturated carbocycles. The Hall–Kier alpha value is -0.860. The monoisotopic (exact) mass is 178 g/mol. The highest BCUT2D eigenvalue weighted by molar-refractivity contribution is 5.24. The smallest absolute Gasteiger partial charge is 0.192 e. The van der Waals surface area contributed by atoms with Gasteiger partial charge in [-0.25, -0.2) is 0 Å². The molecule has 1 aliphatic rings. The van der Waals surface area contributed by atoms with Gasteiger partial charge in [-0.3, -0.25) is 0 Å². The molecule has 13 heavy (non-hydrogen) atoms. The highest BCUT2D eigenvalue weighted by atomic mass is 16.7. The van der Waals surface area contributed by atoms with Crippen LogP contribution in [0.4, 0.5) is 0 Å². The zero-order valence-electron chi connectivity index (χ0n) is 8.04. The average Bonchev–Trinajstić information content (AvgIpc) is 2.54. The molecule has 0 aliphatic carbocycles. The van der Waals surface area contributed by atoms with E-state index < -0.39 is 5.79 Å². The molecule has 1 aromatic rings. The van der Waals surface area contributed by atoms with Crippen LogP contribution >= 0.6 is 0 Å². The minimum absolute atomic E-state index is 0.520. The van der Waals surface area contributed by atoms with Crippen molar-refractivity contribution in [2.24, 2.45) is 0 Å². The predicted octanol–water partition coefficient (Wildman–Crippen LogP) is 2.21. The van der Waals surface area contributed by atoms with Gasteiger partial charge < -0.3 is 9.47 Å². The van der Waals surface area contributed by atoms with Gasteiger partial charge in [-0.05, 0) is 13.8 Å². The van der Waals surface area contributed by atoms with Crippen molar-refractivity contribution in [1.82, 2.24) is 0 Å². The Morgan fingerprint density at radius 2 is 1.62 bits per heavy atom. The van der Waals surface area contributed by atoms with Gasteiger partial charge in [-0.2, -0.15) is 0 Å². The van der Waals surface area contributed by atoms with Crippen molar-refractivity contribution >= 4 is 0 Å². The summed E-state index contributed by atoms with van der Waals surface area (Å²) in [5, 5.41) is 0. The van der Waals surface area contributed by atoms with E-state index in [-0.39, 0.29) is 0 Å². The van der Waals surface area contributed by atoms with E-state index in [4.69, 9.17) is 9.47 Å². The van der Waals surface area contributed by atoms with E-state index in [0.717, 1.165) is 5.56 Å². The molecule has 1 aliphatic heterocycles. The van der Waals surface area contributed by atoms with Gasteiger partial charge in [0.25, 0.3) is 0 Å². The summed E-state index contributed by atoms with van der Waals surface area (Å²) in [7, 11) is 0. The molecule has 1 saturated heterocycles. The molecule has 2 heteroatoms. The molecule has 2 nitrogen and oxygen atoms in total. The van der Waals surface area contributed by atoms with Crippen molar-refractivity contribution in [3.8, 4) is 0 Å². The fourth-order valence-corrected chi connectivity index (χ4v) is 1.54. The van der Waals surface area contributed by atoms with Crippen LogP contribution in [0.25, 0.3) is 0 Å². The second-order valence-corrected chi connectivity index (χ2v) is 3.51. The Labute approximate surface area is 78.5 Å². The zero-order valence-corrected chi connectivity index (χ0v) is 8.04. The van der Waals surface area contributed by atoms with Crippen LogP contribution in [0, 0.1) is 6.92 Å². The van der Waals surface area contributed by atoms with Crippen LogP contribution in [0.3, 0.4) is 0 Å². The highest BCUT2D eigenvalue weighted by Gasteiger charge is 2.32. The maximum absolute atomic E-state index is 5.54. The lowest BCUT2D eigenvalue weighted by Gasteiger charge is -2.22. The average molecular weight is 178 g/mol. The lowest BCUT2D eigenvalue weighted by atomic mass is 10.1. The van der Waals surface area contributed by atoms with Crippen molar-refractivity contribution in [2.75, 3.05) is 13.2 Å². The van der Waals surface area contributed by atoms with Crippen molar-refractivity contribution < 1.29 is 9.47 Å². The summed E-state index contributed by atoms with van der Waals surface area (Å²) >= 11 is 0. The number of benzene rings is 1.